The lowest BCUT2D eigenvalue weighted by molar-refractivity contribution is -0.137. The molecular weight excluding hydrogens is 517 g/mol. The van der Waals surface area contributed by atoms with Crippen molar-refractivity contribution >= 4 is 17.6 Å². The predicted molar refractivity (Wildman–Crippen MR) is 147 cm³/mol. The van der Waals surface area contributed by atoms with Crippen LogP contribution in [0.5, 0.6) is 17.2 Å². The van der Waals surface area contributed by atoms with Gasteiger partial charge in [0.25, 0.3) is 0 Å². The maximum atomic E-state index is 15.4. The molecule has 9 nitrogen and oxygen atoms in total. The van der Waals surface area contributed by atoms with Crippen LogP contribution in [0, 0.1) is 22.6 Å². The summed E-state index contributed by atoms with van der Waals surface area (Å²) in [6, 6.07) is 8.87. The third kappa shape index (κ3) is 6.89. The van der Waals surface area contributed by atoms with Gasteiger partial charge in [0.05, 0.1) is 38.0 Å². The Balaban J connectivity index is 1.82. The number of carboxylic acid groups (broad SMARTS) is 1. The standard InChI is InChI=1S/C30H36FN3O6/c1-5-38-24-16-20-17-34(29(33)26(20)27(31)28(24)39-6-2)18-22(35)19-10-11-23(40-14-8-7-9-25(36)37)21(15-19)30(3,4)12-13-32/h10-11,15-16,33H,5-9,12,14,17-18H2,1-4H3,(H,36,37). The Morgan fingerprint density at radius 2 is 1.85 bits per heavy atom. The summed E-state index contributed by atoms with van der Waals surface area (Å²) in [5.74, 6) is -1.14. The van der Waals surface area contributed by atoms with E-state index >= 15 is 4.39 Å². The second kappa shape index (κ2) is 13.3. The van der Waals surface area contributed by atoms with Crippen molar-refractivity contribution in [2.75, 3.05) is 26.4 Å². The van der Waals surface area contributed by atoms with Crippen LogP contribution >= 0.6 is 0 Å². The minimum atomic E-state index is -0.861. The van der Waals surface area contributed by atoms with Gasteiger partial charge < -0.3 is 24.2 Å². The molecule has 2 aromatic carbocycles. The monoisotopic (exact) mass is 553 g/mol. The highest BCUT2D eigenvalue weighted by Gasteiger charge is 2.33. The van der Waals surface area contributed by atoms with Gasteiger partial charge in [0.1, 0.15) is 11.6 Å². The van der Waals surface area contributed by atoms with Crippen LogP contribution in [0.4, 0.5) is 4.39 Å². The van der Waals surface area contributed by atoms with E-state index in [0.717, 1.165) is 0 Å². The molecule has 0 saturated heterocycles. The van der Waals surface area contributed by atoms with E-state index in [4.69, 9.17) is 24.7 Å². The molecule has 0 aromatic heterocycles. The smallest absolute Gasteiger partial charge is 0.303 e. The highest BCUT2D eigenvalue weighted by atomic mass is 19.1. The highest BCUT2D eigenvalue weighted by molar-refractivity contribution is 6.06. The van der Waals surface area contributed by atoms with Gasteiger partial charge in [-0.2, -0.15) is 5.26 Å². The fraction of sp³-hybridized carbons (Fsp3) is 0.467. The Morgan fingerprint density at radius 3 is 2.50 bits per heavy atom. The van der Waals surface area contributed by atoms with E-state index in [1.807, 2.05) is 13.8 Å². The Kier molecular flexibility index (Phi) is 10.1. The minimum absolute atomic E-state index is 0.0380. The zero-order valence-corrected chi connectivity index (χ0v) is 23.4. The van der Waals surface area contributed by atoms with Crippen molar-refractivity contribution in [3.63, 3.8) is 0 Å². The lowest BCUT2D eigenvalue weighted by atomic mass is 9.80. The molecule has 214 valence electrons. The average molecular weight is 554 g/mol. The van der Waals surface area contributed by atoms with Gasteiger partial charge in [0.2, 0.25) is 0 Å². The van der Waals surface area contributed by atoms with E-state index < -0.39 is 17.2 Å². The molecule has 0 radical (unpaired) electrons. The number of halogens is 1. The average Bonchev–Trinajstić information content (AvgIpc) is 3.20. The van der Waals surface area contributed by atoms with Crippen LogP contribution in [0.15, 0.2) is 24.3 Å². The Bertz CT molecular complexity index is 1320. The predicted octanol–water partition coefficient (Wildman–Crippen LogP) is 5.47. The van der Waals surface area contributed by atoms with Crippen LogP contribution in [0.2, 0.25) is 0 Å². The van der Waals surface area contributed by atoms with Gasteiger partial charge in [-0.3, -0.25) is 15.0 Å². The molecule has 0 bridgehead atoms. The second-order valence-corrected chi connectivity index (χ2v) is 10.2. The molecule has 0 amide bonds. The van der Waals surface area contributed by atoms with Gasteiger partial charge in [-0.05, 0) is 56.5 Å². The molecule has 0 aliphatic carbocycles. The number of amidine groups is 1. The van der Waals surface area contributed by atoms with E-state index in [-0.39, 0.29) is 61.2 Å². The molecule has 0 unspecified atom stereocenters. The number of Topliss-reactive ketones (excluding diaryl/α,β-unsaturated/α-hetero) is 1. The summed E-state index contributed by atoms with van der Waals surface area (Å²) in [7, 11) is 0. The van der Waals surface area contributed by atoms with Gasteiger partial charge in [-0.15, -0.1) is 0 Å². The van der Waals surface area contributed by atoms with E-state index in [1.165, 1.54) is 4.90 Å². The van der Waals surface area contributed by atoms with Crippen molar-refractivity contribution < 1.29 is 33.3 Å². The number of nitrogens with zero attached hydrogens (tertiary/aromatic N) is 2. The molecular formula is C30H36FN3O6. The highest BCUT2D eigenvalue weighted by Crippen LogP contribution is 2.39. The van der Waals surface area contributed by atoms with Crippen LogP contribution in [0.25, 0.3) is 0 Å². The maximum Gasteiger partial charge on any atom is 0.303 e. The van der Waals surface area contributed by atoms with Crippen molar-refractivity contribution in [2.45, 2.75) is 65.3 Å². The Hall–Kier alpha value is -4.13. The van der Waals surface area contributed by atoms with Gasteiger partial charge in [-0.25, -0.2) is 4.39 Å². The number of carboxylic acids is 1. The fourth-order valence-corrected chi connectivity index (χ4v) is 4.63. The number of benzene rings is 2. The van der Waals surface area contributed by atoms with Crippen LogP contribution in [0.3, 0.4) is 0 Å². The first kappa shape index (κ1) is 30.4. The third-order valence-corrected chi connectivity index (χ3v) is 6.70. The number of ketones is 1. The number of ether oxygens (including phenoxy) is 3. The topological polar surface area (TPSA) is 133 Å². The van der Waals surface area contributed by atoms with E-state index in [1.54, 1.807) is 38.1 Å². The zero-order valence-electron chi connectivity index (χ0n) is 23.4. The molecule has 0 fully saturated rings. The molecule has 1 aliphatic heterocycles. The summed E-state index contributed by atoms with van der Waals surface area (Å²) in [6.07, 6.45) is 1.28. The zero-order chi connectivity index (χ0) is 29.4. The molecule has 0 saturated carbocycles. The van der Waals surface area contributed by atoms with Gasteiger partial charge >= 0.3 is 5.97 Å². The van der Waals surface area contributed by atoms with Crippen molar-refractivity contribution in [3.05, 3.63) is 52.3 Å². The van der Waals surface area contributed by atoms with Crippen LogP contribution in [-0.2, 0) is 16.8 Å². The number of hydrogen-bond acceptors (Lipinski definition) is 7. The number of nitriles is 1. The number of fused-ring (bicyclic) bond motifs is 1. The number of nitrogens with one attached hydrogen (secondary N) is 1. The summed E-state index contributed by atoms with van der Waals surface area (Å²) >= 11 is 0. The lowest BCUT2D eigenvalue weighted by Gasteiger charge is -2.26. The fourth-order valence-electron chi connectivity index (χ4n) is 4.63. The lowest BCUT2D eigenvalue weighted by Crippen LogP contribution is -2.30. The minimum Gasteiger partial charge on any atom is -0.493 e. The van der Waals surface area contributed by atoms with Crippen molar-refractivity contribution in [1.29, 1.82) is 10.7 Å². The molecule has 0 atom stereocenters. The molecule has 2 N–H and O–H groups in total. The second-order valence-electron chi connectivity index (χ2n) is 10.2. The first-order valence-electron chi connectivity index (χ1n) is 13.4. The number of hydrogen-bond donors (Lipinski definition) is 2. The van der Waals surface area contributed by atoms with Crippen LogP contribution < -0.4 is 14.2 Å². The molecule has 2 aromatic rings. The summed E-state index contributed by atoms with van der Waals surface area (Å²) in [5, 5.41) is 26.8. The number of carbonyl (C=O) groups excluding carboxylic acids is 1. The van der Waals surface area contributed by atoms with Crippen molar-refractivity contribution in [3.8, 4) is 23.3 Å². The van der Waals surface area contributed by atoms with E-state index in [2.05, 4.69) is 6.07 Å². The summed E-state index contributed by atoms with van der Waals surface area (Å²) in [5.41, 5.74) is 1.10. The summed E-state index contributed by atoms with van der Waals surface area (Å²) in [4.78, 5) is 25.6. The summed E-state index contributed by atoms with van der Waals surface area (Å²) < 4.78 is 32.4. The van der Waals surface area contributed by atoms with E-state index in [0.29, 0.717) is 48.5 Å². The maximum absolute atomic E-state index is 15.4. The first-order chi connectivity index (χ1) is 19.0. The quantitative estimate of drug-likeness (QED) is 0.219. The molecule has 40 heavy (non-hydrogen) atoms. The van der Waals surface area contributed by atoms with Gasteiger partial charge in [0, 0.05) is 35.9 Å². The Labute approximate surface area is 234 Å². The number of aliphatic carboxylic acids is 1. The largest absolute Gasteiger partial charge is 0.493 e. The van der Waals surface area contributed by atoms with Crippen molar-refractivity contribution in [1.82, 2.24) is 4.90 Å². The number of rotatable bonds is 15. The van der Waals surface area contributed by atoms with Crippen molar-refractivity contribution in [2.24, 2.45) is 0 Å². The number of carbonyl (C=O) groups is 2. The molecule has 1 aliphatic rings. The van der Waals surface area contributed by atoms with Gasteiger partial charge in [0.15, 0.2) is 23.1 Å². The molecule has 1 heterocycles. The molecule has 3 rings (SSSR count). The molecule has 10 heteroatoms. The first-order valence-corrected chi connectivity index (χ1v) is 13.4. The normalized spacial score (nSPS) is 12.6. The molecule has 0 spiro atoms. The van der Waals surface area contributed by atoms with E-state index in [9.17, 15) is 14.9 Å². The third-order valence-electron chi connectivity index (χ3n) is 6.70. The SMILES string of the molecule is CCOc1cc2c(c(F)c1OCC)C(=N)N(CC(=O)c1ccc(OCCCCC(=O)O)c(C(C)(C)CC#N)c1)C2. The Morgan fingerprint density at radius 1 is 1.12 bits per heavy atom. The van der Waals surface area contributed by atoms with Crippen LogP contribution in [0.1, 0.15) is 80.4 Å². The van der Waals surface area contributed by atoms with Gasteiger partial charge in [-0.1, -0.05) is 13.8 Å². The number of unbranched alkanes of at least 4 members (excludes halogenated alkanes) is 1. The summed E-state index contributed by atoms with van der Waals surface area (Å²) in [6.45, 7) is 8.19. The van der Waals surface area contributed by atoms with Crippen LogP contribution in [-0.4, -0.2) is 54.0 Å².